The minimum absolute atomic E-state index is 0.0258. The molecule has 0 radical (unpaired) electrons. The molecule has 1 aliphatic rings. The van der Waals surface area contributed by atoms with E-state index in [1.54, 1.807) is 14.1 Å². The first-order valence-electron chi connectivity index (χ1n) is 4.48. The van der Waals surface area contributed by atoms with E-state index in [1.165, 1.54) is 4.90 Å². The van der Waals surface area contributed by atoms with Crippen LogP contribution in [-0.2, 0) is 0 Å². The highest BCUT2D eigenvalue weighted by Gasteiger charge is 2.35. The van der Waals surface area contributed by atoms with Gasteiger partial charge in [0, 0.05) is 14.1 Å². The van der Waals surface area contributed by atoms with Crippen molar-refractivity contribution in [2.24, 2.45) is 15.8 Å². The van der Waals surface area contributed by atoms with Gasteiger partial charge in [0.15, 0.2) is 0 Å². The summed E-state index contributed by atoms with van der Waals surface area (Å²) in [6, 6.07) is 0. The molecule has 0 bridgehead atoms. The summed E-state index contributed by atoms with van der Waals surface area (Å²) in [6.45, 7) is 0. The number of nitrogens with one attached hydrogen (secondary N) is 2. The Morgan fingerprint density at radius 1 is 1.33 bits per heavy atom. The Labute approximate surface area is 100 Å². The van der Waals surface area contributed by atoms with Crippen molar-refractivity contribution in [2.75, 3.05) is 14.1 Å². The number of guanidine groups is 2. The quantitative estimate of drug-likeness (QED) is 0.291. The monoisotopic (exact) mass is 258 g/mol. The average Bonchev–Trinajstić information content (AvgIpc) is 2.27. The van der Waals surface area contributed by atoms with Gasteiger partial charge in [0.25, 0.3) is 5.82 Å². The molecule has 12 nitrogen and oxygen atoms in total. The van der Waals surface area contributed by atoms with Crippen LogP contribution in [0.4, 0.5) is 0 Å². The smallest absolute Gasteiger partial charge is 0.347 e. The van der Waals surface area contributed by atoms with Gasteiger partial charge in [-0.1, -0.05) is 0 Å². The van der Waals surface area contributed by atoms with Gasteiger partial charge in [0.05, 0.1) is 0 Å². The molecule has 0 spiro atoms. The molecular weight excluding hydrogens is 248 g/mol. The molecule has 12 heteroatoms. The highest BCUT2D eigenvalue weighted by Crippen LogP contribution is 2.09. The van der Waals surface area contributed by atoms with Gasteiger partial charge in [-0.25, -0.2) is 5.84 Å². The first kappa shape index (κ1) is 13.3. The largest absolute Gasteiger partial charge is 0.602 e. The van der Waals surface area contributed by atoms with Crippen molar-refractivity contribution >= 4 is 11.9 Å². The van der Waals surface area contributed by atoms with E-state index >= 15 is 0 Å². The number of hydrazine groups is 1. The molecule has 18 heavy (non-hydrogen) atoms. The standard InChI is InChI=1S/C6H10N8O4/c1-12(2)6-9-3(8-5(10-6)11-7)4(13(15)16)14(17)18/h7H2,1-2H3,(H2,8,9,10,11). The van der Waals surface area contributed by atoms with E-state index in [4.69, 9.17) is 5.84 Å². The van der Waals surface area contributed by atoms with Gasteiger partial charge in [0.2, 0.25) is 11.9 Å². The third-order valence-corrected chi connectivity index (χ3v) is 1.75. The fraction of sp³-hybridized carbons (Fsp3) is 0.333. The Balaban J connectivity index is 3.34. The van der Waals surface area contributed by atoms with Crippen LogP contribution in [-0.4, -0.2) is 40.8 Å². The topological polar surface area (TPSA) is 164 Å². The van der Waals surface area contributed by atoms with Crippen molar-refractivity contribution < 1.29 is 9.85 Å². The molecular formula is C6H10N8O4. The van der Waals surface area contributed by atoms with Crippen LogP contribution >= 0.6 is 0 Å². The van der Waals surface area contributed by atoms with E-state index in [2.05, 4.69) is 20.7 Å². The van der Waals surface area contributed by atoms with Crippen molar-refractivity contribution in [1.29, 1.82) is 0 Å². The van der Waals surface area contributed by atoms with Gasteiger partial charge in [0.1, 0.15) is 9.85 Å². The number of hydrogen-bond acceptors (Lipinski definition) is 10. The van der Waals surface area contributed by atoms with Gasteiger partial charge in [-0.05, 0) is 0 Å². The summed E-state index contributed by atoms with van der Waals surface area (Å²) in [7, 11) is 3.13. The summed E-state index contributed by atoms with van der Waals surface area (Å²) in [4.78, 5) is 27.8. The van der Waals surface area contributed by atoms with E-state index in [0.29, 0.717) is 0 Å². The Bertz CT molecular complexity index is 462. The zero-order valence-electron chi connectivity index (χ0n) is 9.45. The lowest BCUT2D eigenvalue weighted by Crippen LogP contribution is -2.45. The van der Waals surface area contributed by atoms with Gasteiger partial charge in [-0.3, -0.25) is 31.0 Å². The molecule has 1 rings (SSSR count). The molecule has 1 aliphatic heterocycles. The number of aliphatic imine (C=N–C) groups is 2. The molecule has 0 aromatic rings. The fourth-order valence-electron chi connectivity index (χ4n) is 1.01. The lowest BCUT2D eigenvalue weighted by Gasteiger charge is -2.17. The molecule has 0 aromatic heterocycles. The molecule has 0 atom stereocenters. The summed E-state index contributed by atoms with van der Waals surface area (Å²) in [5, 5.41) is 23.5. The number of hydrogen-bond donors (Lipinski definition) is 3. The second-order valence-corrected chi connectivity index (χ2v) is 3.22. The first-order chi connectivity index (χ1) is 8.36. The van der Waals surface area contributed by atoms with E-state index < -0.39 is 21.5 Å². The minimum atomic E-state index is -1.29. The maximum Gasteiger partial charge on any atom is 0.602 e. The number of rotatable bonds is 2. The predicted molar refractivity (Wildman–Crippen MR) is 60.0 cm³/mol. The summed E-state index contributed by atoms with van der Waals surface area (Å²) in [5.74, 6) is 3.18. The molecule has 1 heterocycles. The molecule has 0 fully saturated rings. The van der Waals surface area contributed by atoms with Crippen molar-refractivity contribution in [3.63, 3.8) is 0 Å². The number of nitrogens with two attached hydrogens (primary N) is 1. The van der Waals surface area contributed by atoms with Crippen LogP contribution < -0.4 is 16.6 Å². The van der Waals surface area contributed by atoms with Crippen LogP contribution in [0.3, 0.4) is 0 Å². The molecule has 0 saturated carbocycles. The Kier molecular flexibility index (Phi) is 3.73. The predicted octanol–water partition coefficient (Wildman–Crippen LogP) is -1.99. The zero-order valence-corrected chi connectivity index (χ0v) is 9.45. The molecule has 0 aromatic carbocycles. The van der Waals surface area contributed by atoms with Crippen molar-refractivity contribution in [3.8, 4) is 0 Å². The van der Waals surface area contributed by atoms with Crippen molar-refractivity contribution in [1.82, 2.24) is 15.6 Å². The summed E-state index contributed by atoms with van der Waals surface area (Å²) in [5.41, 5.74) is 2.10. The molecule has 4 N–H and O–H groups in total. The fourth-order valence-corrected chi connectivity index (χ4v) is 1.01. The molecule has 0 saturated heterocycles. The second-order valence-electron chi connectivity index (χ2n) is 3.22. The molecule has 0 aliphatic carbocycles. The molecule has 0 amide bonds. The van der Waals surface area contributed by atoms with Crippen LogP contribution in [0.2, 0.25) is 0 Å². The maximum atomic E-state index is 10.6. The molecule has 0 unspecified atom stereocenters. The van der Waals surface area contributed by atoms with Gasteiger partial charge >= 0.3 is 5.82 Å². The van der Waals surface area contributed by atoms with Crippen LogP contribution in [0.5, 0.6) is 0 Å². The lowest BCUT2D eigenvalue weighted by atomic mass is 10.5. The van der Waals surface area contributed by atoms with Gasteiger partial charge < -0.3 is 4.90 Å². The lowest BCUT2D eigenvalue weighted by molar-refractivity contribution is -0.617. The summed E-state index contributed by atoms with van der Waals surface area (Å²) >= 11 is 0. The third kappa shape index (κ3) is 2.67. The Morgan fingerprint density at radius 3 is 2.28 bits per heavy atom. The highest BCUT2D eigenvalue weighted by molar-refractivity contribution is 5.97. The Morgan fingerprint density at radius 2 is 1.89 bits per heavy atom. The summed E-state index contributed by atoms with van der Waals surface area (Å²) < 4.78 is 0. The van der Waals surface area contributed by atoms with Crippen molar-refractivity contribution in [2.45, 2.75) is 0 Å². The van der Waals surface area contributed by atoms with E-state index in [9.17, 15) is 20.2 Å². The van der Waals surface area contributed by atoms with Crippen LogP contribution in [0.25, 0.3) is 0 Å². The van der Waals surface area contributed by atoms with Gasteiger partial charge in [-0.15, -0.1) is 0 Å². The van der Waals surface area contributed by atoms with Crippen LogP contribution in [0, 0.1) is 20.2 Å². The third-order valence-electron chi connectivity index (χ3n) is 1.75. The summed E-state index contributed by atoms with van der Waals surface area (Å²) in [6.07, 6.45) is 0. The zero-order chi connectivity index (χ0) is 13.9. The van der Waals surface area contributed by atoms with Crippen molar-refractivity contribution in [3.05, 3.63) is 31.9 Å². The normalized spacial score (nSPS) is 14.1. The van der Waals surface area contributed by atoms with E-state index in [-0.39, 0.29) is 11.9 Å². The maximum absolute atomic E-state index is 10.6. The molecule has 98 valence electrons. The average molecular weight is 258 g/mol. The minimum Gasteiger partial charge on any atom is -0.347 e. The van der Waals surface area contributed by atoms with Crippen LogP contribution in [0.15, 0.2) is 21.6 Å². The number of nitrogens with zero attached hydrogens (tertiary/aromatic N) is 5. The first-order valence-corrected chi connectivity index (χ1v) is 4.48. The van der Waals surface area contributed by atoms with E-state index in [1.807, 2.05) is 0 Å². The van der Waals surface area contributed by atoms with Gasteiger partial charge in [-0.2, -0.15) is 9.98 Å². The number of nitro groups is 2. The highest BCUT2D eigenvalue weighted by atomic mass is 16.7. The second kappa shape index (κ2) is 5.05. The van der Waals surface area contributed by atoms with E-state index in [0.717, 1.165) is 0 Å². The SMILES string of the molecule is CN(C)C1=NC(=C([N+](=O)[O-])[N+](=O)[O-])NC(NN)=N1. The Hall–Kier alpha value is -2.76. The van der Waals surface area contributed by atoms with Crippen LogP contribution in [0.1, 0.15) is 0 Å².